The second-order valence-corrected chi connectivity index (χ2v) is 6.71. The van der Waals surface area contributed by atoms with E-state index in [9.17, 15) is 41.0 Å². The Balaban J connectivity index is -0.000000213. The molecule has 0 aromatic rings. The molecule has 0 amide bonds. The van der Waals surface area contributed by atoms with Crippen LogP contribution in [0.5, 0.6) is 0 Å². The molecule has 2 atom stereocenters. The number of alkyl halides is 6. The first kappa shape index (κ1) is 36.4. The molecule has 0 heterocycles. The third-order valence-corrected chi connectivity index (χ3v) is 4.03. The van der Waals surface area contributed by atoms with Crippen molar-refractivity contribution in [3.63, 3.8) is 0 Å². The SMILES string of the molecule is CC(C)C(O)(CC(=O)O)C(F)(F)F.CCOC(=O)CC(O)(C(C)C)C(F)(F)F.[Li+].[OH-]. The number of carbonyl (C=O) groups is 2. The summed E-state index contributed by atoms with van der Waals surface area (Å²) in [5.74, 6) is -5.02. The van der Waals surface area contributed by atoms with E-state index >= 15 is 0 Å². The van der Waals surface area contributed by atoms with Gasteiger partial charge < -0.3 is 25.5 Å². The van der Waals surface area contributed by atoms with Crippen LogP contribution in [-0.4, -0.2) is 62.9 Å². The number of esters is 1. The van der Waals surface area contributed by atoms with E-state index in [4.69, 9.17) is 10.2 Å². The van der Waals surface area contributed by atoms with E-state index in [1.165, 1.54) is 20.8 Å². The number of ether oxygens (including phenoxy) is 1. The molecule has 0 rings (SSSR count). The molecule has 0 aliphatic heterocycles. The fraction of sp³-hybridized carbons (Fsp3) is 0.875. The van der Waals surface area contributed by atoms with Crippen LogP contribution in [0.25, 0.3) is 0 Å². The maximum absolute atomic E-state index is 12.5. The van der Waals surface area contributed by atoms with Crippen LogP contribution in [0.1, 0.15) is 47.5 Å². The zero-order valence-electron chi connectivity index (χ0n) is 17.6. The average molecular weight is 452 g/mol. The van der Waals surface area contributed by atoms with Gasteiger partial charge in [0.15, 0.2) is 11.2 Å². The van der Waals surface area contributed by atoms with Gasteiger partial charge in [-0.15, -0.1) is 0 Å². The average Bonchev–Trinajstić information content (AvgIpc) is 2.44. The number of rotatable bonds is 7. The summed E-state index contributed by atoms with van der Waals surface area (Å²) in [4.78, 5) is 21.0. The van der Waals surface area contributed by atoms with Gasteiger partial charge in [0, 0.05) is 0 Å². The number of halogens is 6. The van der Waals surface area contributed by atoms with Gasteiger partial charge in [0.25, 0.3) is 0 Å². The standard InChI is InChI=1S/C9H15F3O3.C7H11F3O3.Li.H2O/c1-4-15-7(13)5-8(14,6(2)3)9(10,11)12;1-4(2)6(13,3-5(11)12)7(8,9)10;;/h6,14H,4-5H2,1-3H3;4,13H,3H2,1-2H3,(H,11,12);;1H2/q;;+1;/p-1. The van der Waals surface area contributed by atoms with Crippen molar-refractivity contribution in [1.82, 2.24) is 0 Å². The molecular weight excluding hydrogens is 425 g/mol. The largest absolute Gasteiger partial charge is 1.00 e. The smallest absolute Gasteiger partial charge is 0.870 e. The first-order chi connectivity index (χ1) is 12.3. The van der Waals surface area contributed by atoms with Gasteiger partial charge in [0.05, 0.1) is 19.4 Å². The van der Waals surface area contributed by atoms with E-state index < -0.39 is 60.2 Å². The van der Waals surface area contributed by atoms with E-state index in [1.54, 1.807) is 0 Å². The zero-order valence-corrected chi connectivity index (χ0v) is 17.6. The number of carboxylic acid groups (broad SMARTS) is 1. The van der Waals surface area contributed by atoms with Gasteiger partial charge >= 0.3 is 43.2 Å². The van der Waals surface area contributed by atoms with Gasteiger partial charge in [-0.05, 0) is 18.8 Å². The molecule has 0 saturated carbocycles. The fourth-order valence-corrected chi connectivity index (χ4v) is 1.93. The molecule has 0 aliphatic rings. The minimum absolute atomic E-state index is 0. The van der Waals surface area contributed by atoms with Crippen molar-refractivity contribution in [3.05, 3.63) is 0 Å². The summed E-state index contributed by atoms with van der Waals surface area (Å²) in [5, 5.41) is 26.7. The van der Waals surface area contributed by atoms with Crippen molar-refractivity contribution in [2.75, 3.05) is 6.61 Å². The van der Waals surface area contributed by atoms with Gasteiger partial charge in [-0.3, -0.25) is 9.59 Å². The van der Waals surface area contributed by atoms with E-state index in [0.717, 1.165) is 13.8 Å². The van der Waals surface area contributed by atoms with Crippen molar-refractivity contribution in [3.8, 4) is 0 Å². The predicted molar refractivity (Wildman–Crippen MR) is 87.1 cm³/mol. The van der Waals surface area contributed by atoms with E-state index in [0.29, 0.717) is 0 Å². The van der Waals surface area contributed by atoms with E-state index in [2.05, 4.69) is 4.74 Å². The number of hydrogen-bond donors (Lipinski definition) is 3. The van der Waals surface area contributed by atoms with Gasteiger partial charge in [-0.1, -0.05) is 27.7 Å². The van der Waals surface area contributed by atoms with Crippen molar-refractivity contribution in [2.24, 2.45) is 11.8 Å². The predicted octanol–water partition coefficient (Wildman–Crippen LogP) is 0.127. The first-order valence-electron chi connectivity index (χ1n) is 8.21. The summed E-state index contributed by atoms with van der Waals surface area (Å²) in [6.45, 7) is 6.12. The fourth-order valence-electron chi connectivity index (χ4n) is 1.93. The molecule has 0 aromatic heterocycles. The molecule has 7 nitrogen and oxygen atoms in total. The maximum atomic E-state index is 12.5. The van der Waals surface area contributed by atoms with Crippen LogP contribution < -0.4 is 18.9 Å². The zero-order chi connectivity index (χ0) is 23.1. The molecule has 30 heavy (non-hydrogen) atoms. The molecule has 176 valence electrons. The third kappa shape index (κ3) is 10.3. The summed E-state index contributed by atoms with van der Waals surface area (Å²) >= 11 is 0. The molecule has 0 saturated heterocycles. The van der Waals surface area contributed by atoms with Gasteiger partial charge in [-0.25, -0.2) is 0 Å². The summed E-state index contributed by atoms with van der Waals surface area (Å²) in [5.41, 5.74) is -6.15. The normalized spacial score (nSPS) is 15.6. The molecule has 0 radical (unpaired) electrons. The molecule has 14 heteroatoms. The number of hydrogen-bond acceptors (Lipinski definition) is 6. The quantitative estimate of drug-likeness (QED) is 0.284. The number of carbonyl (C=O) groups excluding carboxylic acids is 1. The minimum Gasteiger partial charge on any atom is -0.870 e. The number of aliphatic hydroxyl groups is 2. The molecule has 0 fully saturated rings. The molecule has 0 spiro atoms. The topological polar surface area (TPSA) is 134 Å². The minimum atomic E-state index is -4.92. The Hall–Kier alpha value is -1.00. The van der Waals surface area contributed by atoms with Crippen LogP contribution in [-0.2, 0) is 14.3 Å². The van der Waals surface area contributed by atoms with Crippen molar-refractivity contribution in [1.29, 1.82) is 0 Å². The first-order valence-corrected chi connectivity index (χ1v) is 8.21. The Morgan fingerprint density at radius 3 is 1.30 bits per heavy atom. The third-order valence-electron chi connectivity index (χ3n) is 4.03. The second-order valence-electron chi connectivity index (χ2n) is 6.71. The Kier molecular flexibility index (Phi) is 16.3. The summed E-state index contributed by atoms with van der Waals surface area (Å²) in [7, 11) is 0. The van der Waals surface area contributed by atoms with Crippen LogP contribution >= 0.6 is 0 Å². The molecule has 0 aromatic carbocycles. The Morgan fingerprint density at radius 2 is 1.13 bits per heavy atom. The Morgan fingerprint density at radius 1 is 0.833 bits per heavy atom. The molecular formula is C16H27F6LiO7. The van der Waals surface area contributed by atoms with Crippen molar-refractivity contribution in [2.45, 2.75) is 71.0 Å². The summed E-state index contributed by atoms with van der Waals surface area (Å²) < 4.78 is 78.5. The van der Waals surface area contributed by atoms with E-state index in [1.807, 2.05) is 0 Å². The van der Waals surface area contributed by atoms with E-state index in [-0.39, 0.29) is 30.9 Å². The monoisotopic (exact) mass is 452 g/mol. The summed E-state index contributed by atoms with van der Waals surface area (Å²) in [6, 6.07) is 0. The summed E-state index contributed by atoms with van der Waals surface area (Å²) in [6.07, 6.45) is -12.1. The molecule has 0 aliphatic carbocycles. The van der Waals surface area contributed by atoms with Crippen molar-refractivity contribution >= 4 is 11.9 Å². The van der Waals surface area contributed by atoms with Gasteiger partial charge in [0.2, 0.25) is 0 Å². The van der Waals surface area contributed by atoms with Gasteiger partial charge in [-0.2, -0.15) is 26.3 Å². The molecule has 4 N–H and O–H groups in total. The maximum Gasteiger partial charge on any atom is 1.00 e. The van der Waals surface area contributed by atoms with Crippen LogP contribution in [0.3, 0.4) is 0 Å². The molecule has 0 bridgehead atoms. The number of carboxylic acids is 1. The Labute approximate surface area is 182 Å². The molecule has 2 unspecified atom stereocenters. The van der Waals surface area contributed by atoms with Crippen molar-refractivity contribution < 1.29 is 80.3 Å². The second kappa shape index (κ2) is 13.4. The van der Waals surface area contributed by atoms with Gasteiger partial charge in [0.1, 0.15) is 0 Å². The number of aliphatic carboxylic acids is 1. The Bertz CT molecular complexity index is 525. The van der Waals surface area contributed by atoms with Crippen LogP contribution in [0.15, 0.2) is 0 Å². The van der Waals surface area contributed by atoms with Crippen LogP contribution in [0.4, 0.5) is 26.3 Å². The van der Waals surface area contributed by atoms with Crippen LogP contribution in [0.2, 0.25) is 0 Å². The van der Waals surface area contributed by atoms with Crippen LogP contribution in [0, 0.1) is 11.8 Å².